The highest BCUT2D eigenvalue weighted by Crippen LogP contribution is 2.38. The lowest BCUT2D eigenvalue weighted by molar-refractivity contribution is -0.140. The predicted octanol–water partition coefficient (Wildman–Crippen LogP) is 5.99. The van der Waals surface area contributed by atoms with Crippen molar-refractivity contribution in [3.05, 3.63) is 104 Å². The second-order valence-electron chi connectivity index (χ2n) is 12.7. The van der Waals surface area contributed by atoms with E-state index in [4.69, 9.17) is 26.5 Å². The molecule has 1 aliphatic heterocycles. The summed E-state index contributed by atoms with van der Waals surface area (Å²) in [6.45, 7) is 3.17. The van der Waals surface area contributed by atoms with Crippen molar-refractivity contribution in [1.82, 2.24) is 15.2 Å². The summed E-state index contributed by atoms with van der Waals surface area (Å²) >= 11 is 10.5. The molecule has 53 heavy (non-hydrogen) atoms. The molecule has 0 saturated carbocycles. The van der Waals surface area contributed by atoms with Gasteiger partial charge in [-0.05, 0) is 71.1 Å². The first-order valence-electron chi connectivity index (χ1n) is 17.2. The Balaban J connectivity index is 1.31. The third-order valence-electron chi connectivity index (χ3n) is 8.98. The molecule has 4 aromatic rings. The second-order valence-corrected chi connectivity index (χ2v) is 13.9. The zero-order valence-corrected chi connectivity index (χ0v) is 31.4. The standard InChI is InChI=1S/C39H42BrClN6O6/c40-38-27(4-1-6-31(38)30-5-2-7-34(32(30)18-43)45-10-3-11-47-12-8-29(49)9-13-47)24-53-37-16-36(52-23-26-14-25(17-42)19-44-20-26)28(15-33(37)41)21-46-35(22-48)39(50)51/h1-2,4-7,14-16,18-20,29,35,43,45-46,48-49H,3,8-13,21-24H2,(H,50,51)/t35-/m0/s1. The SMILES string of the molecule is N#Cc1cncc(COc2cc(OCc3cccc(-c4cccc(NCCCN5CCC(O)CC5)c4C=N)c3Br)c(Cl)cc2CN[C@@H](CO)C(=O)O)c1. The molecule has 1 fully saturated rings. The van der Waals surface area contributed by atoms with Crippen molar-refractivity contribution in [2.75, 3.05) is 38.1 Å². The van der Waals surface area contributed by atoms with E-state index in [-0.39, 0.29) is 30.9 Å². The van der Waals surface area contributed by atoms with Crippen LogP contribution in [-0.2, 0) is 24.6 Å². The van der Waals surface area contributed by atoms with E-state index in [1.165, 1.54) is 12.4 Å². The fourth-order valence-electron chi connectivity index (χ4n) is 6.04. The zero-order chi connectivity index (χ0) is 37.7. The molecule has 1 saturated heterocycles. The molecule has 14 heteroatoms. The van der Waals surface area contributed by atoms with Crippen molar-refractivity contribution < 1.29 is 29.6 Å². The number of rotatable bonds is 18. The van der Waals surface area contributed by atoms with Crippen molar-refractivity contribution in [1.29, 1.82) is 10.7 Å². The first-order chi connectivity index (χ1) is 25.7. The number of ether oxygens (including phenoxy) is 2. The van der Waals surface area contributed by atoms with Crippen LogP contribution in [0.5, 0.6) is 11.5 Å². The average Bonchev–Trinajstić information content (AvgIpc) is 3.17. The minimum atomic E-state index is -1.20. The molecular weight excluding hydrogens is 764 g/mol. The fraction of sp³-hybridized carbons (Fsp3) is 0.333. The van der Waals surface area contributed by atoms with Gasteiger partial charge in [-0.3, -0.25) is 15.1 Å². The number of benzene rings is 3. The summed E-state index contributed by atoms with van der Waals surface area (Å²) in [5.41, 5.74) is 5.82. The lowest BCUT2D eigenvalue weighted by atomic mass is 9.97. The highest BCUT2D eigenvalue weighted by Gasteiger charge is 2.20. The maximum Gasteiger partial charge on any atom is 0.323 e. The highest BCUT2D eigenvalue weighted by atomic mass is 79.9. The van der Waals surface area contributed by atoms with Crippen LogP contribution in [0.25, 0.3) is 11.1 Å². The lowest BCUT2D eigenvalue weighted by Gasteiger charge is -2.29. The number of nitriles is 1. The molecule has 0 amide bonds. The van der Waals surface area contributed by atoms with Crippen LogP contribution >= 0.6 is 27.5 Å². The Morgan fingerprint density at radius 1 is 1.09 bits per heavy atom. The number of aromatic nitrogens is 1. The summed E-state index contributed by atoms with van der Waals surface area (Å²) in [6.07, 6.45) is 6.80. The molecule has 0 aliphatic carbocycles. The summed E-state index contributed by atoms with van der Waals surface area (Å²) in [5.74, 6) is -0.505. The van der Waals surface area contributed by atoms with E-state index in [9.17, 15) is 25.4 Å². The van der Waals surface area contributed by atoms with Gasteiger partial charge in [-0.1, -0.05) is 41.9 Å². The van der Waals surface area contributed by atoms with Crippen LogP contribution in [0, 0.1) is 16.7 Å². The number of aliphatic hydroxyl groups is 2. The van der Waals surface area contributed by atoms with Crippen LogP contribution in [-0.4, -0.2) is 82.3 Å². The average molecular weight is 806 g/mol. The Morgan fingerprint density at radius 2 is 1.85 bits per heavy atom. The van der Waals surface area contributed by atoms with Gasteiger partial charge in [0.2, 0.25) is 0 Å². The van der Waals surface area contributed by atoms with E-state index < -0.39 is 18.6 Å². The van der Waals surface area contributed by atoms with Crippen molar-refractivity contribution in [3.8, 4) is 28.7 Å². The number of nitrogens with zero attached hydrogens (tertiary/aromatic N) is 3. The number of carboxylic acids is 1. The maximum absolute atomic E-state index is 11.5. The van der Waals surface area contributed by atoms with E-state index in [0.717, 1.165) is 77.9 Å². The first-order valence-corrected chi connectivity index (χ1v) is 18.4. The monoisotopic (exact) mass is 804 g/mol. The minimum absolute atomic E-state index is 0.0314. The van der Waals surface area contributed by atoms with Crippen LogP contribution in [0.2, 0.25) is 5.02 Å². The van der Waals surface area contributed by atoms with Gasteiger partial charge in [-0.15, -0.1) is 0 Å². The van der Waals surface area contributed by atoms with Crippen molar-refractivity contribution in [2.24, 2.45) is 0 Å². The molecule has 278 valence electrons. The van der Waals surface area contributed by atoms with E-state index in [1.807, 2.05) is 36.4 Å². The van der Waals surface area contributed by atoms with Crippen LogP contribution in [0.1, 0.15) is 47.1 Å². The van der Waals surface area contributed by atoms with Crippen molar-refractivity contribution in [3.63, 3.8) is 0 Å². The Bertz CT molecular complexity index is 1930. The molecule has 0 unspecified atom stereocenters. The Morgan fingerprint density at radius 3 is 2.58 bits per heavy atom. The van der Waals surface area contributed by atoms with Gasteiger partial charge in [0, 0.05) is 83.3 Å². The minimum Gasteiger partial charge on any atom is -0.488 e. The Kier molecular flexibility index (Phi) is 14.6. The quantitative estimate of drug-likeness (QED) is 0.0514. The molecular formula is C39H42BrClN6O6. The summed E-state index contributed by atoms with van der Waals surface area (Å²) in [4.78, 5) is 18.0. The van der Waals surface area contributed by atoms with Gasteiger partial charge in [0.15, 0.2) is 0 Å². The van der Waals surface area contributed by atoms with Crippen LogP contribution < -0.4 is 20.1 Å². The van der Waals surface area contributed by atoms with Crippen LogP contribution in [0.15, 0.2) is 71.5 Å². The summed E-state index contributed by atoms with van der Waals surface area (Å²) < 4.78 is 13.2. The van der Waals surface area contributed by atoms with E-state index >= 15 is 0 Å². The topological polar surface area (TPSA) is 184 Å². The lowest BCUT2D eigenvalue weighted by Crippen LogP contribution is -2.39. The maximum atomic E-state index is 11.5. The van der Waals surface area contributed by atoms with Crippen molar-refractivity contribution >= 4 is 45.4 Å². The number of pyridine rings is 1. The Hall–Kier alpha value is -4.55. The van der Waals surface area contributed by atoms with Gasteiger partial charge in [0.05, 0.1) is 23.3 Å². The van der Waals surface area contributed by atoms with E-state index in [2.05, 4.69) is 42.5 Å². The number of carboxylic acid groups (broad SMARTS) is 1. The highest BCUT2D eigenvalue weighted by molar-refractivity contribution is 9.10. The third-order valence-corrected chi connectivity index (χ3v) is 10.2. The van der Waals surface area contributed by atoms with Crippen LogP contribution in [0.3, 0.4) is 0 Å². The molecule has 1 atom stereocenters. The molecule has 1 aromatic heterocycles. The summed E-state index contributed by atoms with van der Waals surface area (Å²) in [5, 5.41) is 52.8. The molecule has 12 nitrogen and oxygen atoms in total. The smallest absolute Gasteiger partial charge is 0.323 e. The van der Waals surface area contributed by atoms with Gasteiger partial charge in [-0.25, -0.2) is 0 Å². The van der Waals surface area contributed by atoms with E-state index in [0.29, 0.717) is 28.2 Å². The number of anilines is 1. The molecule has 5 rings (SSSR count). The molecule has 3 aromatic carbocycles. The summed E-state index contributed by atoms with van der Waals surface area (Å²) in [6, 6.07) is 17.5. The molecule has 1 aliphatic rings. The predicted molar refractivity (Wildman–Crippen MR) is 207 cm³/mol. The number of hydrogen-bond donors (Lipinski definition) is 6. The number of halogens is 2. The number of likely N-dealkylation sites (tertiary alicyclic amines) is 1. The van der Waals surface area contributed by atoms with E-state index in [1.54, 1.807) is 24.4 Å². The number of aliphatic hydroxyl groups excluding tert-OH is 2. The zero-order valence-electron chi connectivity index (χ0n) is 29.0. The molecule has 6 N–H and O–H groups in total. The number of aliphatic carboxylic acids is 1. The van der Waals surface area contributed by atoms with Crippen LogP contribution in [0.4, 0.5) is 5.69 Å². The van der Waals surface area contributed by atoms with Gasteiger partial charge in [0.25, 0.3) is 0 Å². The second kappa shape index (κ2) is 19.5. The third kappa shape index (κ3) is 10.8. The first kappa shape index (κ1) is 39.7. The molecule has 2 heterocycles. The van der Waals surface area contributed by atoms with Gasteiger partial charge in [0.1, 0.15) is 36.8 Å². The molecule has 0 radical (unpaired) electrons. The number of nitrogens with one attached hydrogen (secondary N) is 3. The molecule has 0 spiro atoms. The van der Waals surface area contributed by atoms with Gasteiger partial charge >= 0.3 is 5.97 Å². The normalized spacial score (nSPS) is 13.9. The summed E-state index contributed by atoms with van der Waals surface area (Å²) in [7, 11) is 0. The molecule has 0 bridgehead atoms. The van der Waals surface area contributed by atoms with Gasteiger partial charge < -0.3 is 40.4 Å². The number of piperidine rings is 1. The van der Waals surface area contributed by atoms with Crippen molar-refractivity contribution in [2.45, 2.75) is 51.2 Å². The van der Waals surface area contributed by atoms with Gasteiger partial charge in [-0.2, -0.15) is 5.26 Å². The number of carbonyl (C=O) groups is 1. The Labute approximate surface area is 322 Å². The number of hydrogen-bond acceptors (Lipinski definition) is 11. The fourth-order valence-corrected chi connectivity index (χ4v) is 6.88. The largest absolute Gasteiger partial charge is 0.488 e.